The first-order valence-corrected chi connectivity index (χ1v) is 11.1. The summed E-state index contributed by atoms with van der Waals surface area (Å²) in [6.07, 6.45) is 0. The van der Waals surface area contributed by atoms with Crippen molar-refractivity contribution in [2.75, 3.05) is 4.90 Å². The van der Waals surface area contributed by atoms with E-state index in [4.69, 9.17) is 0 Å². The number of imide groups is 1. The molecule has 2 amide bonds. The second-order valence-corrected chi connectivity index (χ2v) is 9.92. The van der Waals surface area contributed by atoms with Gasteiger partial charge in [0.2, 0.25) is 11.8 Å². The van der Waals surface area contributed by atoms with Crippen LogP contribution in [-0.2, 0) is 13.9 Å². The number of hydrogen-bond acceptors (Lipinski definition) is 2. The van der Waals surface area contributed by atoms with Gasteiger partial charge in [0, 0.05) is 5.92 Å². The van der Waals surface area contributed by atoms with Crippen LogP contribution in [-0.4, -0.2) is 11.8 Å². The summed E-state index contributed by atoms with van der Waals surface area (Å²) >= 11 is 4.04. The Morgan fingerprint density at radius 1 is 0.833 bits per heavy atom. The SMILES string of the molecule is Cc1ccc(N2C(=O)[C@@H]3C4c5ccccc5C(Br)(c5ccccc54)[C@H]3C2=O)c(C)c1. The minimum atomic E-state index is -0.695. The predicted molar refractivity (Wildman–Crippen MR) is 120 cm³/mol. The topological polar surface area (TPSA) is 37.4 Å². The van der Waals surface area contributed by atoms with Crippen LogP contribution in [0.5, 0.6) is 0 Å². The number of carbonyl (C=O) groups excluding carboxylic acids is 2. The summed E-state index contributed by atoms with van der Waals surface area (Å²) in [7, 11) is 0. The van der Waals surface area contributed by atoms with Gasteiger partial charge in [-0.3, -0.25) is 9.59 Å². The Hall–Kier alpha value is -2.72. The zero-order valence-electron chi connectivity index (χ0n) is 16.7. The number of rotatable bonds is 1. The van der Waals surface area contributed by atoms with E-state index in [1.807, 2.05) is 56.3 Å². The van der Waals surface area contributed by atoms with Crippen molar-refractivity contribution >= 4 is 33.4 Å². The van der Waals surface area contributed by atoms with Crippen molar-refractivity contribution in [3.8, 4) is 0 Å². The molecule has 0 spiro atoms. The highest BCUT2D eigenvalue weighted by Gasteiger charge is 2.67. The number of carbonyl (C=O) groups is 2. The molecule has 3 nitrogen and oxygen atoms in total. The third-order valence-corrected chi connectivity index (χ3v) is 8.46. The zero-order valence-corrected chi connectivity index (χ0v) is 18.3. The summed E-state index contributed by atoms with van der Waals surface area (Å²) in [6.45, 7) is 3.98. The highest BCUT2D eigenvalue weighted by molar-refractivity contribution is 9.09. The molecule has 7 rings (SSSR count). The van der Waals surface area contributed by atoms with Crippen LogP contribution in [0.3, 0.4) is 0 Å². The van der Waals surface area contributed by atoms with Gasteiger partial charge < -0.3 is 0 Å². The van der Waals surface area contributed by atoms with E-state index in [1.54, 1.807) is 0 Å². The largest absolute Gasteiger partial charge is 0.274 e. The molecule has 3 aromatic rings. The van der Waals surface area contributed by atoms with Gasteiger partial charge in [0.25, 0.3) is 0 Å². The van der Waals surface area contributed by atoms with Crippen LogP contribution in [0.4, 0.5) is 5.69 Å². The molecule has 2 atom stereocenters. The maximum Gasteiger partial charge on any atom is 0.239 e. The normalized spacial score (nSPS) is 28.4. The van der Waals surface area contributed by atoms with Gasteiger partial charge in [-0.1, -0.05) is 82.2 Å². The summed E-state index contributed by atoms with van der Waals surface area (Å²) in [6, 6.07) is 22.4. The van der Waals surface area contributed by atoms with Crippen molar-refractivity contribution < 1.29 is 9.59 Å². The molecule has 0 N–H and O–H groups in total. The molecule has 3 aliphatic carbocycles. The smallest absolute Gasteiger partial charge is 0.239 e. The number of alkyl halides is 1. The number of anilines is 1. The highest BCUT2D eigenvalue weighted by atomic mass is 79.9. The molecule has 1 fully saturated rings. The molecule has 4 heteroatoms. The molecular weight excluding hydrogens is 438 g/mol. The van der Waals surface area contributed by atoms with E-state index in [0.717, 1.165) is 33.4 Å². The standard InChI is InChI=1S/C26H20BrNO2/c1-14-11-12-20(15(2)13-14)28-24(29)22-21-16-7-3-5-9-18(16)26(27,23(22)25(28)30)19-10-6-4-8-17(19)21/h3-13,21-23H,1-2H3/t21?,22-,23-,26?/m1/s1. The quantitative estimate of drug-likeness (QED) is 0.371. The van der Waals surface area contributed by atoms with Gasteiger partial charge in [0.05, 0.1) is 21.8 Å². The fraction of sp³-hybridized carbons (Fsp3) is 0.231. The number of halogens is 1. The van der Waals surface area contributed by atoms with Crippen LogP contribution < -0.4 is 4.90 Å². The maximum absolute atomic E-state index is 13.9. The van der Waals surface area contributed by atoms with Gasteiger partial charge in [-0.25, -0.2) is 4.90 Å². The summed E-state index contributed by atoms with van der Waals surface area (Å²) < 4.78 is -0.695. The van der Waals surface area contributed by atoms with Crippen LogP contribution in [0, 0.1) is 25.7 Å². The molecule has 0 aromatic heterocycles. The average Bonchev–Trinajstić information content (AvgIpc) is 3.01. The summed E-state index contributed by atoms with van der Waals surface area (Å²) in [5.41, 5.74) is 7.28. The summed E-state index contributed by atoms with van der Waals surface area (Å²) in [5.74, 6) is -1.16. The zero-order chi connectivity index (χ0) is 20.8. The van der Waals surface area contributed by atoms with E-state index in [0.29, 0.717) is 5.69 Å². The van der Waals surface area contributed by atoms with E-state index in [2.05, 4.69) is 40.2 Å². The first-order valence-electron chi connectivity index (χ1n) is 10.3. The first-order chi connectivity index (χ1) is 14.4. The average molecular weight is 458 g/mol. The van der Waals surface area contributed by atoms with Crippen molar-refractivity contribution in [3.05, 3.63) is 100 Å². The lowest BCUT2D eigenvalue weighted by molar-refractivity contribution is -0.122. The van der Waals surface area contributed by atoms with Crippen LogP contribution >= 0.6 is 15.9 Å². The Morgan fingerprint density at radius 2 is 1.43 bits per heavy atom. The minimum absolute atomic E-state index is 0.0882. The van der Waals surface area contributed by atoms with Gasteiger partial charge in [0.1, 0.15) is 0 Å². The molecule has 148 valence electrons. The van der Waals surface area contributed by atoms with Gasteiger partial charge in [-0.15, -0.1) is 0 Å². The fourth-order valence-electron chi connectivity index (χ4n) is 5.97. The number of amides is 2. The van der Waals surface area contributed by atoms with Gasteiger partial charge in [0.15, 0.2) is 0 Å². The Labute approximate surface area is 183 Å². The number of nitrogens with zero attached hydrogens (tertiary/aromatic N) is 1. The summed E-state index contributed by atoms with van der Waals surface area (Å²) in [4.78, 5) is 29.2. The molecule has 1 saturated heterocycles. The van der Waals surface area contributed by atoms with Crippen molar-refractivity contribution in [1.82, 2.24) is 0 Å². The van der Waals surface area contributed by atoms with E-state index in [-0.39, 0.29) is 17.7 Å². The molecule has 2 bridgehead atoms. The molecule has 4 aliphatic rings. The lowest BCUT2D eigenvalue weighted by atomic mass is 9.55. The third kappa shape index (κ3) is 2.00. The Bertz CT molecular complexity index is 1220. The molecule has 1 heterocycles. The Balaban J connectivity index is 1.62. The molecular formula is C26H20BrNO2. The molecule has 0 radical (unpaired) electrons. The van der Waals surface area contributed by atoms with E-state index < -0.39 is 16.2 Å². The van der Waals surface area contributed by atoms with Crippen LogP contribution in [0.15, 0.2) is 66.7 Å². The molecule has 0 saturated carbocycles. The maximum atomic E-state index is 13.9. The van der Waals surface area contributed by atoms with E-state index in [9.17, 15) is 9.59 Å². The van der Waals surface area contributed by atoms with Crippen LogP contribution in [0.2, 0.25) is 0 Å². The predicted octanol–water partition coefficient (Wildman–Crippen LogP) is 5.21. The number of aryl methyl sites for hydroxylation is 2. The summed E-state index contributed by atoms with van der Waals surface area (Å²) in [5, 5.41) is 0. The van der Waals surface area contributed by atoms with Crippen LogP contribution in [0.1, 0.15) is 39.3 Å². The minimum Gasteiger partial charge on any atom is -0.274 e. The Morgan fingerprint density at radius 3 is 2.03 bits per heavy atom. The van der Waals surface area contributed by atoms with Gasteiger partial charge in [-0.05, 0) is 47.7 Å². The van der Waals surface area contributed by atoms with Gasteiger partial charge >= 0.3 is 0 Å². The van der Waals surface area contributed by atoms with Gasteiger partial charge in [-0.2, -0.15) is 0 Å². The third-order valence-electron chi connectivity index (χ3n) is 7.11. The van der Waals surface area contributed by atoms with Crippen molar-refractivity contribution in [2.45, 2.75) is 24.1 Å². The molecule has 0 unspecified atom stereocenters. The highest BCUT2D eigenvalue weighted by Crippen LogP contribution is 2.66. The number of hydrogen-bond donors (Lipinski definition) is 0. The Kier molecular flexibility index (Phi) is 3.57. The van der Waals surface area contributed by atoms with E-state index >= 15 is 0 Å². The van der Waals surface area contributed by atoms with E-state index in [1.165, 1.54) is 4.90 Å². The lowest BCUT2D eigenvalue weighted by Crippen LogP contribution is -2.50. The van der Waals surface area contributed by atoms with Crippen molar-refractivity contribution in [1.29, 1.82) is 0 Å². The first kappa shape index (κ1) is 18.1. The molecule has 30 heavy (non-hydrogen) atoms. The number of benzene rings is 3. The van der Waals surface area contributed by atoms with Crippen LogP contribution in [0.25, 0.3) is 0 Å². The van der Waals surface area contributed by atoms with Crippen molar-refractivity contribution in [3.63, 3.8) is 0 Å². The second-order valence-electron chi connectivity index (χ2n) is 8.67. The lowest BCUT2D eigenvalue weighted by Gasteiger charge is -2.51. The van der Waals surface area contributed by atoms with Crippen molar-refractivity contribution in [2.24, 2.45) is 11.8 Å². The monoisotopic (exact) mass is 457 g/mol. The molecule has 1 aliphatic heterocycles. The second kappa shape index (κ2) is 5.92. The fourth-order valence-corrected chi connectivity index (χ4v) is 7.18. The molecule has 3 aromatic carbocycles.